The van der Waals surface area contributed by atoms with Crippen molar-refractivity contribution in [1.29, 1.82) is 0 Å². The van der Waals surface area contributed by atoms with Gasteiger partial charge in [-0.2, -0.15) is 0 Å². The summed E-state index contributed by atoms with van der Waals surface area (Å²) in [7, 11) is 0. The third-order valence-corrected chi connectivity index (χ3v) is 4.29. The predicted molar refractivity (Wildman–Crippen MR) is 104 cm³/mol. The van der Waals surface area contributed by atoms with Gasteiger partial charge >= 0.3 is 29.0 Å². The third-order valence-electron chi connectivity index (χ3n) is 4.29. The molecule has 0 aromatic heterocycles. The van der Waals surface area contributed by atoms with Gasteiger partial charge in [0.2, 0.25) is 0 Å². The van der Waals surface area contributed by atoms with Gasteiger partial charge in [0.25, 0.3) is 0 Å². The zero-order valence-corrected chi connectivity index (χ0v) is 17.5. The summed E-state index contributed by atoms with van der Waals surface area (Å²) < 4.78 is 4.92. The van der Waals surface area contributed by atoms with Gasteiger partial charge in [-0.1, -0.05) is 96.8 Å². The number of hydrogen-bond acceptors (Lipinski definition) is 2. The molecule has 0 radical (unpaired) electrons. The number of esters is 1. The molecule has 3 heteroatoms. The second kappa shape index (κ2) is 22.2. The first-order valence-corrected chi connectivity index (χ1v) is 9.96. The topological polar surface area (TPSA) is 26.3 Å². The maximum atomic E-state index is 11.2. The van der Waals surface area contributed by atoms with E-state index in [9.17, 15) is 4.79 Å². The second-order valence-electron chi connectivity index (χ2n) is 6.50. The molecule has 0 fully saturated rings. The summed E-state index contributed by atoms with van der Waals surface area (Å²) in [5, 5.41) is 0. The van der Waals surface area contributed by atoms with Gasteiger partial charge in [-0.15, -0.1) is 0 Å². The van der Waals surface area contributed by atoms with Gasteiger partial charge in [0.05, 0.1) is 6.61 Å². The molecule has 0 aromatic carbocycles. The quantitative estimate of drug-likeness (QED) is 0.168. The van der Waals surface area contributed by atoms with E-state index >= 15 is 0 Å². The van der Waals surface area contributed by atoms with Crippen LogP contribution in [0.5, 0.6) is 0 Å². The number of carbonyl (C=O) groups excluding carboxylic acids is 1. The van der Waals surface area contributed by atoms with Crippen LogP contribution in [-0.4, -0.2) is 35.6 Å². The van der Waals surface area contributed by atoms with Crippen molar-refractivity contribution in [2.45, 2.75) is 117 Å². The van der Waals surface area contributed by atoms with Crippen LogP contribution in [0.2, 0.25) is 0 Å². The summed E-state index contributed by atoms with van der Waals surface area (Å²) in [5.74, 6) is -0.0304. The first-order chi connectivity index (χ1) is 10.8. The molecule has 0 aliphatic rings. The molecule has 0 N–H and O–H groups in total. The van der Waals surface area contributed by atoms with Crippen molar-refractivity contribution in [1.82, 2.24) is 0 Å². The molecule has 0 aromatic rings. The Bertz CT molecular complexity index is 242. The van der Waals surface area contributed by atoms with E-state index in [1.54, 1.807) is 0 Å². The molecule has 0 saturated carbocycles. The smallest absolute Gasteiger partial charge is 1.00 e. The largest absolute Gasteiger partial charge is 2.00 e. The normalized spacial score (nSPS) is 10.3. The van der Waals surface area contributed by atoms with E-state index < -0.39 is 0 Å². The van der Waals surface area contributed by atoms with Crippen molar-refractivity contribution in [3.63, 3.8) is 0 Å². The summed E-state index contributed by atoms with van der Waals surface area (Å²) in [4.78, 5) is 11.2. The van der Waals surface area contributed by atoms with Crippen LogP contribution < -0.4 is 0 Å². The van der Waals surface area contributed by atoms with E-state index in [1.165, 1.54) is 89.9 Å². The molecule has 0 atom stereocenters. The van der Waals surface area contributed by atoms with Crippen molar-refractivity contribution in [3.8, 4) is 0 Å². The number of unbranched alkanes of at least 4 members (excludes halogenated alkanes) is 14. The Morgan fingerprint density at radius 1 is 0.652 bits per heavy atom. The van der Waals surface area contributed by atoms with Crippen molar-refractivity contribution in [2.75, 3.05) is 6.61 Å². The second-order valence-corrected chi connectivity index (χ2v) is 6.50. The van der Waals surface area contributed by atoms with E-state index in [-0.39, 0.29) is 31.9 Å². The van der Waals surface area contributed by atoms with E-state index in [1.807, 2.05) is 6.92 Å². The molecule has 136 valence electrons. The summed E-state index contributed by atoms with van der Waals surface area (Å²) >= 11 is 0. The van der Waals surface area contributed by atoms with Crippen LogP contribution in [0, 0.1) is 0 Å². The molecule has 0 aliphatic heterocycles. The molecule has 0 aliphatic carbocycles. The van der Waals surface area contributed by atoms with Crippen LogP contribution in [0.1, 0.15) is 119 Å². The Morgan fingerprint density at radius 3 is 1.35 bits per heavy atom. The minimum absolute atomic E-state index is 0. The minimum Gasteiger partial charge on any atom is -1.00 e. The summed E-state index contributed by atoms with van der Waals surface area (Å²) in [6.07, 6.45) is 21.0. The molecule has 0 amide bonds. The van der Waals surface area contributed by atoms with Crippen molar-refractivity contribution >= 4 is 29.0 Å². The zero-order chi connectivity index (χ0) is 16.3. The van der Waals surface area contributed by atoms with Crippen LogP contribution in [0.25, 0.3) is 0 Å². The van der Waals surface area contributed by atoms with Gasteiger partial charge in [-0.3, -0.25) is 4.79 Å². The molecule has 0 saturated heterocycles. The molecule has 23 heavy (non-hydrogen) atoms. The van der Waals surface area contributed by atoms with Crippen LogP contribution in [0.4, 0.5) is 0 Å². The number of hydrogen-bond donors (Lipinski definition) is 0. The Hall–Kier alpha value is 0.236. The van der Waals surface area contributed by atoms with E-state index in [2.05, 4.69) is 6.92 Å². The average Bonchev–Trinajstić information content (AvgIpc) is 2.51. The van der Waals surface area contributed by atoms with Gasteiger partial charge in [-0.25, -0.2) is 0 Å². The van der Waals surface area contributed by atoms with Crippen molar-refractivity contribution in [2.24, 2.45) is 0 Å². The zero-order valence-electron chi connectivity index (χ0n) is 18.0. The summed E-state index contributed by atoms with van der Waals surface area (Å²) in [6.45, 7) is 4.66. The Morgan fingerprint density at radius 2 is 1.00 bits per heavy atom. The molecule has 0 heterocycles. The van der Waals surface area contributed by atoms with Crippen LogP contribution in [-0.2, 0) is 9.53 Å². The number of rotatable bonds is 17. The third kappa shape index (κ3) is 22.2. The minimum atomic E-state index is -0.0304. The summed E-state index contributed by atoms with van der Waals surface area (Å²) in [5.41, 5.74) is 0. The molecule has 0 unspecified atom stereocenters. The standard InChI is InChI=1S/C20H40O2.Mg.2H/c1-3-5-6-7-8-9-10-11-12-13-14-15-16-17-18-19-20(21)22-4-2;;;/h3-19H2,1-2H3;;;/q;+2;2*-1. The monoisotopic (exact) mass is 338 g/mol. The maximum absolute atomic E-state index is 11.2. The number of carbonyl (C=O) groups is 1. The maximum Gasteiger partial charge on any atom is 2.00 e. The molecule has 0 bridgehead atoms. The number of ether oxygens (including phenoxy) is 1. The van der Waals surface area contributed by atoms with Crippen LogP contribution >= 0.6 is 0 Å². The van der Waals surface area contributed by atoms with Gasteiger partial charge < -0.3 is 7.59 Å². The first-order valence-electron chi connectivity index (χ1n) is 9.96. The first kappa shape index (κ1) is 25.5. The Labute approximate surface area is 164 Å². The molecule has 0 spiro atoms. The molecule has 2 nitrogen and oxygen atoms in total. The van der Waals surface area contributed by atoms with Gasteiger partial charge in [0.1, 0.15) is 0 Å². The van der Waals surface area contributed by atoms with Gasteiger partial charge in [-0.05, 0) is 13.3 Å². The predicted octanol–water partition coefficient (Wildman–Crippen LogP) is 6.66. The SMILES string of the molecule is CCCCCCCCCCCCCCCCCC(=O)OCC.[H-].[H-].[Mg+2]. The van der Waals surface area contributed by atoms with Crippen molar-refractivity contribution < 1.29 is 12.4 Å². The Balaban J connectivity index is -0.000000735. The van der Waals surface area contributed by atoms with E-state index in [0.29, 0.717) is 13.0 Å². The van der Waals surface area contributed by atoms with Gasteiger partial charge in [0.15, 0.2) is 0 Å². The Kier molecular flexibility index (Phi) is 24.6. The molecular formula is C20H42MgO2. The van der Waals surface area contributed by atoms with E-state index in [0.717, 1.165) is 6.42 Å². The fourth-order valence-electron chi connectivity index (χ4n) is 2.87. The van der Waals surface area contributed by atoms with Gasteiger partial charge in [0, 0.05) is 6.42 Å². The van der Waals surface area contributed by atoms with Crippen LogP contribution in [0.15, 0.2) is 0 Å². The molecular weight excluding hydrogens is 297 g/mol. The fraction of sp³-hybridized carbons (Fsp3) is 0.950. The van der Waals surface area contributed by atoms with Crippen molar-refractivity contribution in [3.05, 3.63) is 0 Å². The molecule has 0 rings (SSSR count). The summed E-state index contributed by atoms with van der Waals surface area (Å²) in [6, 6.07) is 0. The van der Waals surface area contributed by atoms with Crippen LogP contribution in [0.3, 0.4) is 0 Å². The fourth-order valence-corrected chi connectivity index (χ4v) is 2.87. The average molecular weight is 339 g/mol. The van der Waals surface area contributed by atoms with E-state index in [4.69, 9.17) is 4.74 Å².